The SMILES string of the molecule is C=CCN(CC(=O)N1CCN(c2cccc(C)c2)CC1)Cc1ccccc1. The van der Waals surface area contributed by atoms with Crippen molar-refractivity contribution < 1.29 is 4.79 Å². The van der Waals surface area contributed by atoms with Gasteiger partial charge in [-0.05, 0) is 30.2 Å². The fourth-order valence-corrected chi connectivity index (χ4v) is 3.54. The zero-order valence-corrected chi connectivity index (χ0v) is 16.2. The van der Waals surface area contributed by atoms with Crippen LogP contribution in [0.3, 0.4) is 0 Å². The summed E-state index contributed by atoms with van der Waals surface area (Å²) in [6, 6.07) is 18.9. The Morgan fingerprint density at radius 2 is 1.81 bits per heavy atom. The number of hydrogen-bond acceptors (Lipinski definition) is 3. The molecule has 142 valence electrons. The highest BCUT2D eigenvalue weighted by molar-refractivity contribution is 5.78. The third kappa shape index (κ3) is 5.44. The molecule has 1 heterocycles. The van der Waals surface area contributed by atoms with Crippen molar-refractivity contribution in [3.63, 3.8) is 0 Å². The highest BCUT2D eigenvalue weighted by Crippen LogP contribution is 2.18. The molecule has 0 atom stereocenters. The summed E-state index contributed by atoms with van der Waals surface area (Å²) in [6.07, 6.45) is 1.87. The van der Waals surface area contributed by atoms with Crippen molar-refractivity contribution in [3.8, 4) is 0 Å². The number of piperazine rings is 1. The fraction of sp³-hybridized carbons (Fsp3) is 0.348. The van der Waals surface area contributed by atoms with Gasteiger partial charge in [-0.1, -0.05) is 48.5 Å². The Balaban J connectivity index is 1.53. The zero-order valence-electron chi connectivity index (χ0n) is 16.2. The maximum Gasteiger partial charge on any atom is 0.236 e. The lowest BCUT2D eigenvalue weighted by Gasteiger charge is -2.37. The summed E-state index contributed by atoms with van der Waals surface area (Å²) in [5, 5.41) is 0. The zero-order chi connectivity index (χ0) is 19.1. The van der Waals surface area contributed by atoms with Gasteiger partial charge in [-0.2, -0.15) is 0 Å². The van der Waals surface area contributed by atoms with Crippen LogP contribution in [-0.4, -0.2) is 55.0 Å². The number of hydrogen-bond donors (Lipinski definition) is 0. The Bertz CT molecular complexity index is 751. The highest BCUT2D eigenvalue weighted by atomic mass is 16.2. The second kappa shape index (κ2) is 9.38. The molecule has 2 aromatic carbocycles. The second-order valence-electron chi connectivity index (χ2n) is 7.15. The predicted molar refractivity (Wildman–Crippen MR) is 112 cm³/mol. The monoisotopic (exact) mass is 363 g/mol. The smallest absolute Gasteiger partial charge is 0.236 e. The van der Waals surface area contributed by atoms with Gasteiger partial charge in [0, 0.05) is 45.0 Å². The van der Waals surface area contributed by atoms with Gasteiger partial charge in [0.2, 0.25) is 5.91 Å². The largest absolute Gasteiger partial charge is 0.368 e. The maximum absolute atomic E-state index is 12.8. The molecular weight excluding hydrogens is 334 g/mol. The average molecular weight is 364 g/mol. The van der Waals surface area contributed by atoms with Crippen molar-refractivity contribution >= 4 is 11.6 Å². The number of carbonyl (C=O) groups is 1. The first-order valence-electron chi connectivity index (χ1n) is 9.62. The van der Waals surface area contributed by atoms with Crippen LogP contribution in [0.4, 0.5) is 5.69 Å². The molecule has 0 aliphatic carbocycles. The lowest BCUT2D eigenvalue weighted by molar-refractivity contribution is -0.132. The Hall–Kier alpha value is -2.59. The molecule has 0 saturated carbocycles. The third-order valence-corrected chi connectivity index (χ3v) is 4.99. The van der Waals surface area contributed by atoms with E-state index in [0.717, 1.165) is 32.7 Å². The first-order chi connectivity index (χ1) is 13.2. The van der Waals surface area contributed by atoms with Crippen molar-refractivity contribution in [3.05, 3.63) is 78.4 Å². The van der Waals surface area contributed by atoms with Gasteiger partial charge in [-0.3, -0.25) is 9.69 Å². The molecule has 27 heavy (non-hydrogen) atoms. The molecular formula is C23H29N3O. The van der Waals surface area contributed by atoms with Gasteiger partial charge in [0.15, 0.2) is 0 Å². The highest BCUT2D eigenvalue weighted by Gasteiger charge is 2.22. The topological polar surface area (TPSA) is 26.8 Å². The van der Waals surface area contributed by atoms with E-state index in [1.54, 1.807) is 0 Å². The normalized spacial score (nSPS) is 14.4. The van der Waals surface area contributed by atoms with Crippen LogP contribution in [-0.2, 0) is 11.3 Å². The van der Waals surface area contributed by atoms with Crippen LogP contribution in [0.15, 0.2) is 67.3 Å². The van der Waals surface area contributed by atoms with E-state index in [1.807, 2.05) is 29.2 Å². The summed E-state index contributed by atoms with van der Waals surface area (Å²) >= 11 is 0. The minimum Gasteiger partial charge on any atom is -0.368 e. The maximum atomic E-state index is 12.8. The van der Waals surface area contributed by atoms with Crippen molar-refractivity contribution in [1.82, 2.24) is 9.80 Å². The Morgan fingerprint density at radius 1 is 1.07 bits per heavy atom. The van der Waals surface area contributed by atoms with Crippen LogP contribution in [0, 0.1) is 6.92 Å². The summed E-state index contributed by atoms with van der Waals surface area (Å²) in [4.78, 5) is 19.3. The summed E-state index contributed by atoms with van der Waals surface area (Å²) in [6.45, 7) is 11.2. The molecule has 0 spiro atoms. The molecule has 1 aliphatic heterocycles. The fourth-order valence-electron chi connectivity index (χ4n) is 3.54. The molecule has 1 aliphatic rings. The molecule has 0 unspecified atom stereocenters. The van der Waals surface area contributed by atoms with Gasteiger partial charge in [-0.25, -0.2) is 0 Å². The van der Waals surface area contributed by atoms with E-state index in [2.05, 4.69) is 59.7 Å². The molecule has 2 aromatic rings. The summed E-state index contributed by atoms with van der Waals surface area (Å²) in [5.74, 6) is 0.205. The van der Waals surface area contributed by atoms with E-state index in [0.29, 0.717) is 13.1 Å². The first kappa shape index (κ1) is 19.2. The van der Waals surface area contributed by atoms with Crippen LogP contribution in [0.2, 0.25) is 0 Å². The molecule has 3 rings (SSSR count). The Morgan fingerprint density at radius 3 is 2.48 bits per heavy atom. The van der Waals surface area contributed by atoms with E-state index in [-0.39, 0.29) is 5.91 Å². The van der Waals surface area contributed by atoms with Gasteiger partial charge in [0.1, 0.15) is 0 Å². The van der Waals surface area contributed by atoms with Gasteiger partial charge < -0.3 is 9.80 Å². The molecule has 0 bridgehead atoms. The number of amides is 1. The van der Waals surface area contributed by atoms with Crippen LogP contribution in [0.5, 0.6) is 0 Å². The number of benzene rings is 2. The van der Waals surface area contributed by atoms with E-state index in [4.69, 9.17) is 0 Å². The molecule has 1 fully saturated rings. The molecule has 4 nitrogen and oxygen atoms in total. The van der Waals surface area contributed by atoms with Gasteiger partial charge in [0.25, 0.3) is 0 Å². The van der Waals surface area contributed by atoms with Crippen molar-refractivity contribution in [2.24, 2.45) is 0 Å². The predicted octanol–water partition coefficient (Wildman–Crippen LogP) is 3.33. The van der Waals surface area contributed by atoms with Crippen molar-refractivity contribution in [2.75, 3.05) is 44.2 Å². The number of aryl methyl sites for hydroxylation is 1. The molecule has 4 heteroatoms. The molecule has 0 N–H and O–H groups in total. The number of carbonyl (C=O) groups excluding carboxylic acids is 1. The first-order valence-corrected chi connectivity index (χ1v) is 9.62. The van der Waals surface area contributed by atoms with Crippen LogP contribution in [0.1, 0.15) is 11.1 Å². The second-order valence-corrected chi connectivity index (χ2v) is 7.15. The third-order valence-electron chi connectivity index (χ3n) is 4.99. The van der Waals surface area contributed by atoms with E-state index in [1.165, 1.54) is 16.8 Å². The van der Waals surface area contributed by atoms with Crippen LogP contribution in [0.25, 0.3) is 0 Å². The number of rotatable bonds is 7. The molecule has 0 aromatic heterocycles. The summed E-state index contributed by atoms with van der Waals surface area (Å²) in [5.41, 5.74) is 3.74. The lowest BCUT2D eigenvalue weighted by atomic mass is 10.2. The van der Waals surface area contributed by atoms with Crippen LogP contribution >= 0.6 is 0 Å². The van der Waals surface area contributed by atoms with E-state index in [9.17, 15) is 4.79 Å². The molecule has 1 saturated heterocycles. The summed E-state index contributed by atoms with van der Waals surface area (Å²) < 4.78 is 0. The van der Waals surface area contributed by atoms with Gasteiger partial charge in [-0.15, -0.1) is 6.58 Å². The number of nitrogens with zero attached hydrogens (tertiary/aromatic N) is 3. The standard InChI is InChI=1S/C23H29N3O/c1-3-12-24(18-21-9-5-4-6-10-21)19-23(27)26-15-13-25(14-16-26)22-11-7-8-20(2)17-22/h3-11,17H,1,12-16,18-19H2,2H3. The Labute approximate surface area is 162 Å². The van der Waals surface area contributed by atoms with Crippen LogP contribution < -0.4 is 4.90 Å². The van der Waals surface area contributed by atoms with Crippen molar-refractivity contribution in [1.29, 1.82) is 0 Å². The number of anilines is 1. The average Bonchev–Trinajstić information content (AvgIpc) is 2.69. The minimum absolute atomic E-state index is 0.205. The van der Waals surface area contributed by atoms with Gasteiger partial charge in [0.05, 0.1) is 6.54 Å². The van der Waals surface area contributed by atoms with Gasteiger partial charge >= 0.3 is 0 Å². The van der Waals surface area contributed by atoms with E-state index >= 15 is 0 Å². The minimum atomic E-state index is 0.205. The molecule has 1 amide bonds. The van der Waals surface area contributed by atoms with Crippen molar-refractivity contribution in [2.45, 2.75) is 13.5 Å². The molecule has 0 radical (unpaired) electrons. The Kier molecular flexibility index (Phi) is 6.66. The van der Waals surface area contributed by atoms with E-state index < -0.39 is 0 Å². The summed E-state index contributed by atoms with van der Waals surface area (Å²) in [7, 11) is 0. The quantitative estimate of drug-likeness (QED) is 0.706. The lowest BCUT2D eigenvalue weighted by Crippen LogP contribution is -2.51.